The number of fused-ring (bicyclic) bond motifs is 1. The number of aliphatic carboxylic acids is 1. The number of hydrogen-bond acceptors (Lipinski definition) is 4. The molecule has 7 heteroatoms. The average Bonchev–Trinajstić information content (AvgIpc) is 2.93. The Hall–Kier alpha value is -2.41. The molecule has 3 rings (SSSR count). The van der Waals surface area contributed by atoms with Crippen LogP contribution in [0.5, 0.6) is 5.75 Å². The molecule has 1 aliphatic carbocycles. The molecule has 0 bridgehead atoms. The molecular formula is C18H19BrN2O4. The van der Waals surface area contributed by atoms with Crippen LogP contribution in [0.25, 0.3) is 0 Å². The van der Waals surface area contributed by atoms with Gasteiger partial charge in [0.15, 0.2) is 18.4 Å². The zero-order chi connectivity index (χ0) is 17.1. The van der Waals surface area contributed by atoms with Crippen molar-refractivity contribution in [3.05, 3.63) is 53.6 Å². The summed E-state index contributed by atoms with van der Waals surface area (Å²) in [6.07, 6.45) is 10.6. The van der Waals surface area contributed by atoms with E-state index in [1.807, 2.05) is 29.5 Å². The van der Waals surface area contributed by atoms with Crippen LogP contribution in [-0.2, 0) is 11.3 Å². The van der Waals surface area contributed by atoms with Crippen LogP contribution in [0.15, 0.2) is 42.5 Å². The molecule has 1 aromatic rings. The van der Waals surface area contributed by atoms with Crippen molar-refractivity contribution in [1.29, 1.82) is 0 Å². The van der Waals surface area contributed by atoms with E-state index in [1.54, 1.807) is 18.2 Å². The molecule has 132 valence electrons. The molecule has 0 fully saturated rings. The van der Waals surface area contributed by atoms with E-state index in [2.05, 4.69) is 10.7 Å². The molecule has 0 radical (unpaired) electrons. The van der Waals surface area contributed by atoms with Crippen LogP contribution in [0.4, 0.5) is 0 Å². The Morgan fingerprint density at radius 2 is 2.04 bits per heavy atom. The van der Waals surface area contributed by atoms with Gasteiger partial charge in [0, 0.05) is 5.56 Å². The number of carbonyl (C=O) groups is 2. The third kappa shape index (κ3) is 3.99. The second kappa shape index (κ2) is 8.11. The highest BCUT2D eigenvalue weighted by Crippen LogP contribution is 2.26. The van der Waals surface area contributed by atoms with Crippen molar-refractivity contribution in [3.63, 3.8) is 0 Å². The van der Waals surface area contributed by atoms with E-state index in [9.17, 15) is 14.7 Å². The van der Waals surface area contributed by atoms with Gasteiger partial charge >= 0.3 is 5.97 Å². The van der Waals surface area contributed by atoms with Crippen molar-refractivity contribution in [3.8, 4) is 5.75 Å². The number of nitrogens with zero attached hydrogens (tertiary/aromatic N) is 2. The Morgan fingerprint density at radius 3 is 2.76 bits per heavy atom. The quantitative estimate of drug-likeness (QED) is 0.439. The minimum atomic E-state index is -0.829. The SMILES string of the molecule is O=Cc1cccc(C[N+]2=CN(CCC(=O)O)C3C=CC=CC32)c1O.[Br-]. The van der Waals surface area contributed by atoms with Crippen molar-refractivity contribution >= 4 is 18.6 Å². The lowest BCUT2D eigenvalue weighted by Crippen LogP contribution is -3.00. The normalized spacial score (nSPS) is 20.6. The topological polar surface area (TPSA) is 80.9 Å². The molecule has 0 saturated heterocycles. The summed E-state index contributed by atoms with van der Waals surface area (Å²) in [4.78, 5) is 23.8. The van der Waals surface area contributed by atoms with E-state index in [0.717, 1.165) is 0 Å². The molecule has 0 saturated carbocycles. The third-order valence-corrected chi connectivity index (χ3v) is 4.35. The minimum Gasteiger partial charge on any atom is -1.00 e. The Bertz CT molecular complexity index is 757. The molecule has 1 aromatic carbocycles. The number of rotatable bonds is 6. The zero-order valence-corrected chi connectivity index (χ0v) is 15.0. The second-order valence-electron chi connectivity index (χ2n) is 5.89. The molecule has 2 aliphatic rings. The maximum Gasteiger partial charge on any atom is 0.307 e. The van der Waals surface area contributed by atoms with Crippen LogP contribution < -0.4 is 17.0 Å². The van der Waals surface area contributed by atoms with E-state index in [1.165, 1.54) is 0 Å². The van der Waals surface area contributed by atoms with Gasteiger partial charge in [-0.25, -0.2) is 0 Å². The van der Waals surface area contributed by atoms with E-state index < -0.39 is 5.97 Å². The van der Waals surface area contributed by atoms with E-state index in [-0.39, 0.29) is 46.8 Å². The molecule has 2 N–H and O–H groups in total. The Balaban J connectivity index is 0.00000225. The lowest BCUT2D eigenvalue weighted by Gasteiger charge is -2.20. The predicted molar refractivity (Wildman–Crippen MR) is 88.3 cm³/mol. The van der Waals surface area contributed by atoms with Crippen molar-refractivity contribution in [2.75, 3.05) is 6.54 Å². The van der Waals surface area contributed by atoms with Gasteiger partial charge in [-0.05, 0) is 18.2 Å². The lowest BCUT2D eigenvalue weighted by molar-refractivity contribution is -0.559. The number of carboxylic acid groups (broad SMARTS) is 1. The van der Waals surface area contributed by atoms with Crippen LogP contribution in [0.1, 0.15) is 22.3 Å². The smallest absolute Gasteiger partial charge is 0.307 e. The number of allylic oxidation sites excluding steroid dienone is 2. The maximum atomic E-state index is 11.0. The first-order chi connectivity index (χ1) is 11.6. The summed E-state index contributed by atoms with van der Waals surface area (Å²) >= 11 is 0. The standard InChI is InChI=1S/C18H18N2O4.BrH/c21-11-14-5-3-4-13(18(14)24)10-20-12-19(9-8-17(22)23)15-6-1-2-7-16(15)20;/h1-7,11-12,15-16H,8-10H2,(H-,21,22,23,24);1H. The van der Waals surface area contributed by atoms with Crippen LogP contribution in [0, 0.1) is 0 Å². The van der Waals surface area contributed by atoms with Gasteiger partial charge < -0.3 is 27.2 Å². The molecule has 25 heavy (non-hydrogen) atoms. The average molecular weight is 407 g/mol. The van der Waals surface area contributed by atoms with Crippen LogP contribution in [0.2, 0.25) is 0 Å². The number of para-hydroxylation sites is 1. The van der Waals surface area contributed by atoms with Gasteiger partial charge in [0.1, 0.15) is 12.3 Å². The Kier molecular flexibility index (Phi) is 6.14. The molecule has 0 spiro atoms. The van der Waals surface area contributed by atoms with Gasteiger partial charge in [-0.2, -0.15) is 0 Å². The van der Waals surface area contributed by atoms with Gasteiger partial charge in [-0.3, -0.25) is 19.1 Å². The number of carbonyl (C=O) groups excluding carboxylic acids is 1. The molecule has 0 aromatic heterocycles. The second-order valence-corrected chi connectivity index (χ2v) is 5.89. The number of phenols is 1. The Morgan fingerprint density at radius 1 is 1.28 bits per heavy atom. The molecule has 1 heterocycles. The van der Waals surface area contributed by atoms with E-state index in [4.69, 9.17) is 5.11 Å². The Labute approximate surface area is 156 Å². The highest BCUT2D eigenvalue weighted by molar-refractivity contribution is 5.79. The lowest BCUT2D eigenvalue weighted by atomic mass is 10.0. The predicted octanol–water partition coefficient (Wildman–Crippen LogP) is -1.60. The van der Waals surface area contributed by atoms with Crippen LogP contribution in [0.3, 0.4) is 0 Å². The maximum absolute atomic E-state index is 11.0. The number of benzene rings is 1. The van der Waals surface area contributed by atoms with Gasteiger partial charge in [0.2, 0.25) is 6.34 Å². The van der Waals surface area contributed by atoms with Gasteiger partial charge in [-0.15, -0.1) is 0 Å². The first kappa shape index (κ1) is 18.9. The number of aromatic hydroxyl groups is 1. The summed E-state index contributed by atoms with van der Waals surface area (Å²) in [5.74, 6) is -0.832. The zero-order valence-electron chi connectivity index (χ0n) is 13.5. The van der Waals surface area contributed by atoms with Crippen molar-refractivity contribution in [1.82, 2.24) is 4.90 Å². The number of aldehydes is 1. The first-order valence-electron chi connectivity index (χ1n) is 7.79. The van der Waals surface area contributed by atoms with Gasteiger partial charge in [0.25, 0.3) is 0 Å². The van der Waals surface area contributed by atoms with Gasteiger partial charge in [-0.1, -0.05) is 24.3 Å². The summed E-state index contributed by atoms with van der Waals surface area (Å²) in [5, 5.41) is 19.1. The van der Waals surface area contributed by atoms with Crippen molar-refractivity contribution in [2.24, 2.45) is 0 Å². The minimum absolute atomic E-state index is 0. The fraction of sp³-hybridized carbons (Fsp3) is 0.278. The summed E-state index contributed by atoms with van der Waals surface area (Å²) in [5.41, 5.74) is 0.933. The number of hydrogen-bond donors (Lipinski definition) is 2. The summed E-state index contributed by atoms with van der Waals surface area (Å²) in [6.45, 7) is 0.863. The summed E-state index contributed by atoms with van der Waals surface area (Å²) in [7, 11) is 0. The molecular weight excluding hydrogens is 388 g/mol. The van der Waals surface area contributed by atoms with Crippen LogP contribution >= 0.6 is 0 Å². The summed E-state index contributed by atoms with van der Waals surface area (Å²) < 4.78 is 2.05. The largest absolute Gasteiger partial charge is 1.00 e. The van der Waals surface area contributed by atoms with E-state index >= 15 is 0 Å². The van der Waals surface area contributed by atoms with Crippen molar-refractivity contribution in [2.45, 2.75) is 25.0 Å². The summed E-state index contributed by atoms with van der Waals surface area (Å²) in [6, 6.07) is 5.25. The fourth-order valence-electron chi connectivity index (χ4n) is 3.15. The van der Waals surface area contributed by atoms with E-state index in [0.29, 0.717) is 24.9 Å². The number of carboxylic acids is 1. The highest BCUT2D eigenvalue weighted by atomic mass is 79.9. The van der Waals surface area contributed by atoms with Gasteiger partial charge in [0.05, 0.1) is 18.5 Å². The molecule has 2 atom stereocenters. The monoisotopic (exact) mass is 406 g/mol. The van der Waals surface area contributed by atoms with Crippen LogP contribution in [-0.4, -0.2) is 56.9 Å². The molecule has 1 aliphatic heterocycles. The first-order valence-corrected chi connectivity index (χ1v) is 7.79. The highest BCUT2D eigenvalue weighted by Gasteiger charge is 2.39. The third-order valence-electron chi connectivity index (χ3n) is 4.35. The molecule has 2 unspecified atom stereocenters. The molecule has 0 amide bonds. The fourth-order valence-corrected chi connectivity index (χ4v) is 3.15. The molecule has 6 nitrogen and oxygen atoms in total. The number of phenolic OH excluding ortho intramolecular Hbond substituents is 1. The number of halogens is 1. The van der Waals surface area contributed by atoms with Crippen molar-refractivity contribution < 1.29 is 41.4 Å².